The molecule has 0 amide bonds. The molecule has 0 radical (unpaired) electrons. The molecule has 5 nitrogen and oxygen atoms in total. The highest BCUT2D eigenvalue weighted by atomic mass is 16.5. The van der Waals surface area contributed by atoms with Gasteiger partial charge in [0.2, 0.25) is 11.8 Å². The first-order chi connectivity index (χ1) is 6.15. The van der Waals surface area contributed by atoms with E-state index in [1.807, 2.05) is 13.8 Å². The van der Waals surface area contributed by atoms with Crippen LogP contribution in [0.1, 0.15) is 13.8 Å². The molecule has 2 N–H and O–H groups in total. The first kappa shape index (κ1) is 9.57. The number of hydrogen-bond donors (Lipinski definition) is 1. The van der Waals surface area contributed by atoms with E-state index in [-0.39, 0.29) is 6.10 Å². The van der Waals surface area contributed by atoms with Crippen molar-refractivity contribution in [2.75, 3.05) is 12.8 Å². The molecular weight excluding hydrogens is 170 g/mol. The number of ether oxygens (including phenoxy) is 2. The lowest BCUT2D eigenvalue weighted by Gasteiger charge is -2.11. The number of aromatic nitrogens is 2. The lowest BCUT2D eigenvalue weighted by Crippen LogP contribution is -2.10. The van der Waals surface area contributed by atoms with Crippen molar-refractivity contribution in [2.24, 2.45) is 0 Å². The Morgan fingerprint density at radius 3 is 2.46 bits per heavy atom. The molecule has 0 atom stereocenters. The normalized spacial score (nSPS) is 10.2. The van der Waals surface area contributed by atoms with Crippen LogP contribution in [0.15, 0.2) is 6.33 Å². The van der Waals surface area contributed by atoms with Crippen LogP contribution < -0.4 is 15.2 Å². The van der Waals surface area contributed by atoms with Crippen molar-refractivity contribution in [1.29, 1.82) is 0 Å². The molecule has 0 unspecified atom stereocenters. The Morgan fingerprint density at radius 2 is 1.92 bits per heavy atom. The topological polar surface area (TPSA) is 70.3 Å². The van der Waals surface area contributed by atoms with Crippen LogP contribution in [-0.4, -0.2) is 23.2 Å². The summed E-state index contributed by atoms with van der Waals surface area (Å²) in [5, 5.41) is 0. The predicted octanol–water partition coefficient (Wildman–Crippen LogP) is 0.855. The molecular formula is C8H13N3O2. The van der Waals surface area contributed by atoms with Crippen LogP contribution in [0.4, 0.5) is 5.69 Å². The lowest BCUT2D eigenvalue weighted by atomic mass is 10.4. The van der Waals surface area contributed by atoms with Crippen LogP contribution in [0.2, 0.25) is 0 Å². The van der Waals surface area contributed by atoms with Gasteiger partial charge in [0.25, 0.3) is 0 Å². The molecule has 13 heavy (non-hydrogen) atoms. The minimum atomic E-state index is 0.0295. The van der Waals surface area contributed by atoms with Crippen LogP contribution in [0.25, 0.3) is 0 Å². The second kappa shape index (κ2) is 3.93. The van der Waals surface area contributed by atoms with E-state index in [2.05, 4.69) is 9.97 Å². The largest absolute Gasteiger partial charge is 0.479 e. The molecule has 1 aromatic heterocycles. The number of methoxy groups -OCH3 is 1. The highest BCUT2D eigenvalue weighted by molar-refractivity contribution is 5.55. The summed E-state index contributed by atoms with van der Waals surface area (Å²) in [6, 6.07) is 0. The van der Waals surface area contributed by atoms with Crippen LogP contribution in [0.5, 0.6) is 11.8 Å². The molecule has 0 saturated heterocycles. The molecule has 0 fully saturated rings. The molecule has 0 aromatic carbocycles. The van der Waals surface area contributed by atoms with E-state index in [0.717, 1.165) is 0 Å². The van der Waals surface area contributed by atoms with Crippen molar-refractivity contribution in [3.8, 4) is 11.8 Å². The summed E-state index contributed by atoms with van der Waals surface area (Å²) in [5.41, 5.74) is 6.00. The van der Waals surface area contributed by atoms with Crippen molar-refractivity contribution in [3.05, 3.63) is 6.33 Å². The summed E-state index contributed by atoms with van der Waals surface area (Å²) in [7, 11) is 1.50. The summed E-state index contributed by atoms with van der Waals surface area (Å²) in [6.45, 7) is 3.79. The smallest absolute Gasteiger partial charge is 0.244 e. The van der Waals surface area contributed by atoms with Gasteiger partial charge in [-0.15, -0.1) is 0 Å². The van der Waals surface area contributed by atoms with Gasteiger partial charge in [-0.1, -0.05) is 0 Å². The summed E-state index contributed by atoms with van der Waals surface area (Å²) >= 11 is 0. The van der Waals surface area contributed by atoms with Gasteiger partial charge >= 0.3 is 0 Å². The molecule has 72 valence electrons. The second-order valence-electron chi connectivity index (χ2n) is 2.77. The number of nitrogens with zero attached hydrogens (tertiary/aromatic N) is 2. The highest BCUT2D eigenvalue weighted by Crippen LogP contribution is 2.26. The maximum absolute atomic E-state index is 5.67. The third-order valence-electron chi connectivity index (χ3n) is 1.35. The van der Waals surface area contributed by atoms with Gasteiger partial charge in [-0.05, 0) is 13.8 Å². The Kier molecular flexibility index (Phi) is 2.89. The second-order valence-corrected chi connectivity index (χ2v) is 2.77. The third-order valence-corrected chi connectivity index (χ3v) is 1.35. The van der Waals surface area contributed by atoms with Gasteiger partial charge in [0, 0.05) is 0 Å². The Morgan fingerprint density at radius 1 is 1.31 bits per heavy atom. The van der Waals surface area contributed by atoms with Crippen LogP contribution >= 0.6 is 0 Å². The van der Waals surface area contributed by atoms with Crippen molar-refractivity contribution < 1.29 is 9.47 Å². The summed E-state index contributed by atoms with van der Waals surface area (Å²) in [5.74, 6) is 0.701. The fourth-order valence-electron chi connectivity index (χ4n) is 0.844. The molecule has 0 aliphatic carbocycles. The molecule has 0 spiro atoms. The molecule has 1 heterocycles. The van der Waals surface area contributed by atoms with Gasteiger partial charge in [0.15, 0.2) is 5.69 Å². The number of anilines is 1. The Labute approximate surface area is 76.9 Å². The van der Waals surface area contributed by atoms with Crippen LogP contribution in [-0.2, 0) is 0 Å². The standard InChI is InChI=1S/C8H13N3O2/c1-5(2)13-8-6(9)7(12-3)10-4-11-8/h4-5H,9H2,1-3H3. The van der Waals surface area contributed by atoms with E-state index < -0.39 is 0 Å². The minimum absolute atomic E-state index is 0.0295. The van der Waals surface area contributed by atoms with Gasteiger partial charge in [-0.3, -0.25) is 0 Å². The summed E-state index contributed by atoms with van der Waals surface area (Å²) in [4.78, 5) is 7.72. The number of nitrogen functional groups attached to an aromatic ring is 1. The molecule has 5 heteroatoms. The summed E-state index contributed by atoms with van der Waals surface area (Å²) in [6.07, 6.45) is 1.38. The van der Waals surface area contributed by atoms with E-state index in [4.69, 9.17) is 15.2 Å². The van der Waals surface area contributed by atoms with E-state index in [1.165, 1.54) is 13.4 Å². The van der Waals surface area contributed by atoms with E-state index in [0.29, 0.717) is 17.4 Å². The van der Waals surface area contributed by atoms with Gasteiger partial charge < -0.3 is 15.2 Å². The maximum atomic E-state index is 5.67. The van der Waals surface area contributed by atoms with Gasteiger partial charge in [0.1, 0.15) is 6.33 Å². The van der Waals surface area contributed by atoms with Crippen molar-refractivity contribution in [3.63, 3.8) is 0 Å². The molecule has 0 bridgehead atoms. The van der Waals surface area contributed by atoms with E-state index in [9.17, 15) is 0 Å². The van der Waals surface area contributed by atoms with Gasteiger partial charge in [-0.2, -0.15) is 9.97 Å². The van der Waals surface area contributed by atoms with Crippen molar-refractivity contribution >= 4 is 5.69 Å². The third kappa shape index (κ3) is 2.21. The van der Waals surface area contributed by atoms with E-state index in [1.54, 1.807) is 0 Å². The lowest BCUT2D eigenvalue weighted by molar-refractivity contribution is 0.232. The first-order valence-electron chi connectivity index (χ1n) is 3.96. The zero-order valence-electron chi connectivity index (χ0n) is 7.94. The fraction of sp³-hybridized carbons (Fsp3) is 0.500. The average molecular weight is 183 g/mol. The van der Waals surface area contributed by atoms with Gasteiger partial charge in [0.05, 0.1) is 13.2 Å². The molecule has 0 saturated carbocycles. The summed E-state index contributed by atoms with van der Waals surface area (Å²) < 4.78 is 10.2. The molecule has 0 aliphatic rings. The van der Waals surface area contributed by atoms with Crippen molar-refractivity contribution in [2.45, 2.75) is 20.0 Å². The molecule has 0 aliphatic heterocycles. The van der Waals surface area contributed by atoms with Gasteiger partial charge in [-0.25, -0.2) is 0 Å². The maximum Gasteiger partial charge on any atom is 0.244 e. The Balaban J connectivity index is 2.94. The Hall–Kier alpha value is -1.52. The average Bonchev–Trinajstić information content (AvgIpc) is 2.08. The molecule has 1 aromatic rings. The predicted molar refractivity (Wildman–Crippen MR) is 48.8 cm³/mol. The number of hydrogen-bond acceptors (Lipinski definition) is 5. The molecule has 1 rings (SSSR count). The number of nitrogens with two attached hydrogens (primary N) is 1. The van der Waals surface area contributed by atoms with E-state index >= 15 is 0 Å². The monoisotopic (exact) mass is 183 g/mol. The Bertz CT molecular complexity index is 289. The van der Waals surface area contributed by atoms with Crippen LogP contribution in [0, 0.1) is 0 Å². The first-order valence-corrected chi connectivity index (χ1v) is 3.96. The van der Waals surface area contributed by atoms with Crippen LogP contribution in [0.3, 0.4) is 0 Å². The highest BCUT2D eigenvalue weighted by Gasteiger charge is 2.10. The SMILES string of the molecule is COc1ncnc(OC(C)C)c1N. The quantitative estimate of drug-likeness (QED) is 0.752. The zero-order chi connectivity index (χ0) is 9.84. The minimum Gasteiger partial charge on any atom is -0.479 e. The number of rotatable bonds is 3. The zero-order valence-corrected chi connectivity index (χ0v) is 7.94. The fourth-order valence-corrected chi connectivity index (χ4v) is 0.844. The van der Waals surface area contributed by atoms with Crippen molar-refractivity contribution in [1.82, 2.24) is 9.97 Å².